The molecular weight excluding hydrogens is 342 g/mol. The highest BCUT2D eigenvalue weighted by atomic mass is 16.6. The lowest BCUT2D eigenvalue weighted by molar-refractivity contribution is 0.0712. The molecule has 3 rings (SSSR count). The van der Waals surface area contributed by atoms with Crippen molar-refractivity contribution < 1.29 is 14.3 Å². The van der Waals surface area contributed by atoms with E-state index in [9.17, 15) is 4.79 Å². The summed E-state index contributed by atoms with van der Waals surface area (Å²) in [5.41, 5.74) is 2.01. The number of rotatable bonds is 6. The summed E-state index contributed by atoms with van der Waals surface area (Å²) in [5.74, 6) is 0.796. The van der Waals surface area contributed by atoms with Crippen molar-refractivity contribution in [3.63, 3.8) is 0 Å². The van der Waals surface area contributed by atoms with Crippen molar-refractivity contribution in [2.24, 2.45) is 0 Å². The molecule has 6 nitrogen and oxygen atoms in total. The second-order valence-corrected chi connectivity index (χ2v) is 7.61. The zero-order valence-electron chi connectivity index (χ0n) is 16.8. The Labute approximate surface area is 161 Å². The molecule has 1 heterocycles. The quantitative estimate of drug-likeness (QED) is 0.842. The third kappa shape index (κ3) is 4.62. The number of likely N-dealkylation sites (N-methyl/N-ethyl adjacent to an activating group) is 1. The number of hydrogen-bond donors (Lipinski definition) is 1. The average molecular weight is 373 g/mol. The largest absolute Gasteiger partial charge is 0.497 e. The molecule has 6 heteroatoms. The van der Waals surface area contributed by atoms with Gasteiger partial charge in [-0.3, -0.25) is 4.57 Å². The number of nitrogens with zero attached hydrogens (tertiary/aromatic N) is 2. The van der Waals surface area contributed by atoms with E-state index in [1.54, 1.807) is 11.7 Å². The summed E-state index contributed by atoms with van der Waals surface area (Å²) in [6.45, 7) is 0.916. The highest BCUT2D eigenvalue weighted by Crippen LogP contribution is 2.28. The number of carbonyl (C=O) groups is 1. The van der Waals surface area contributed by atoms with Crippen LogP contribution in [0.1, 0.15) is 31.2 Å². The molecule has 0 unspecified atom stereocenters. The van der Waals surface area contributed by atoms with Gasteiger partial charge in [-0.05, 0) is 77.0 Å². The van der Waals surface area contributed by atoms with Gasteiger partial charge in [0.15, 0.2) is 0 Å². The maximum absolute atomic E-state index is 12.9. The zero-order valence-corrected chi connectivity index (χ0v) is 16.8. The Balaban J connectivity index is 1.81. The van der Waals surface area contributed by atoms with Gasteiger partial charge < -0.3 is 19.7 Å². The van der Waals surface area contributed by atoms with E-state index in [0.717, 1.165) is 60.9 Å². The molecule has 27 heavy (non-hydrogen) atoms. The fraction of sp³-hybridized carbons (Fsp3) is 0.571. The van der Waals surface area contributed by atoms with E-state index in [1.165, 1.54) is 0 Å². The number of aromatic nitrogens is 1. The first-order valence-electron chi connectivity index (χ1n) is 9.72. The SMILES string of the molecule is CNC1CCC(OC(=O)n2cc(CCN(C)C)c3cc(OC)ccc32)CC1. The van der Waals surface area contributed by atoms with E-state index in [2.05, 4.69) is 24.3 Å². The van der Waals surface area contributed by atoms with Crippen LogP contribution in [0, 0.1) is 0 Å². The molecule has 0 amide bonds. The molecule has 1 aromatic carbocycles. The minimum Gasteiger partial charge on any atom is -0.497 e. The Bertz CT molecular complexity index is 776. The molecule has 1 aromatic heterocycles. The van der Waals surface area contributed by atoms with Gasteiger partial charge in [-0.2, -0.15) is 0 Å². The predicted octanol–water partition coefficient (Wildman–Crippen LogP) is 3.27. The molecular formula is C21H31N3O3. The minimum absolute atomic E-state index is 0.00280. The first-order chi connectivity index (χ1) is 13.0. The van der Waals surface area contributed by atoms with Gasteiger partial charge in [0.25, 0.3) is 0 Å². The molecule has 1 aliphatic rings. The molecule has 1 N–H and O–H groups in total. The number of benzene rings is 1. The summed E-state index contributed by atoms with van der Waals surface area (Å²) in [4.78, 5) is 15.0. The highest BCUT2D eigenvalue weighted by Gasteiger charge is 2.24. The summed E-state index contributed by atoms with van der Waals surface area (Å²) >= 11 is 0. The van der Waals surface area contributed by atoms with Crippen LogP contribution in [0.4, 0.5) is 4.79 Å². The molecule has 1 saturated carbocycles. The number of methoxy groups -OCH3 is 1. The van der Waals surface area contributed by atoms with Crippen molar-refractivity contribution in [1.29, 1.82) is 0 Å². The second-order valence-electron chi connectivity index (χ2n) is 7.61. The van der Waals surface area contributed by atoms with Gasteiger partial charge in [0.1, 0.15) is 11.9 Å². The van der Waals surface area contributed by atoms with Gasteiger partial charge in [-0.25, -0.2) is 4.79 Å². The normalized spacial score (nSPS) is 20.2. The lowest BCUT2D eigenvalue weighted by Gasteiger charge is -2.28. The maximum Gasteiger partial charge on any atom is 0.418 e. The van der Waals surface area contributed by atoms with Crippen LogP contribution in [-0.2, 0) is 11.2 Å². The van der Waals surface area contributed by atoms with Crippen LogP contribution >= 0.6 is 0 Å². The Hall–Kier alpha value is -2.05. The third-order valence-corrected chi connectivity index (χ3v) is 5.47. The third-order valence-electron chi connectivity index (χ3n) is 5.47. The molecule has 0 bridgehead atoms. The van der Waals surface area contributed by atoms with E-state index in [0.29, 0.717) is 6.04 Å². The van der Waals surface area contributed by atoms with Gasteiger partial charge in [0, 0.05) is 24.2 Å². The monoisotopic (exact) mass is 373 g/mol. The molecule has 0 aliphatic heterocycles. The van der Waals surface area contributed by atoms with Crippen molar-refractivity contribution in [3.05, 3.63) is 30.0 Å². The Morgan fingerprint density at radius 2 is 2.00 bits per heavy atom. The summed E-state index contributed by atoms with van der Waals surface area (Å²) in [5, 5.41) is 4.36. The molecule has 0 saturated heterocycles. The molecule has 1 fully saturated rings. The van der Waals surface area contributed by atoms with Crippen LogP contribution in [0.3, 0.4) is 0 Å². The van der Waals surface area contributed by atoms with E-state index >= 15 is 0 Å². The zero-order chi connectivity index (χ0) is 19.4. The minimum atomic E-state index is -0.283. The van der Waals surface area contributed by atoms with Crippen LogP contribution in [-0.4, -0.2) is 62.5 Å². The highest BCUT2D eigenvalue weighted by molar-refractivity contribution is 5.92. The van der Waals surface area contributed by atoms with Crippen LogP contribution in [0.2, 0.25) is 0 Å². The lowest BCUT2D eigenvalue weighted by atomic mass is 9.93. The van der Waals surface area contributed by atoms with E-state index in [1.807, 2.05) is 31.4 Å². The Morgan fingerprint density at radius 3 is 2.63 bits per heavy atom. The molecule has 148 valence electrons. The molecule has 1 aliphatic carbocycles. The number of fused-ring (bicyclic) bond motifs is 1. The number of hydrogen-bond acceptors (Lipinski definition) is 5. The van der Waals surface area contributed by atoms with E-state index < -0.39 is 0 Å². The van der Waals surface area contributed by atoms with Gasteiger partial charge in [0.2, 0.25) is 0 Å². The van der Waals surface area contributed by atoms with E-state index in [4.69, 9.17) is 9.47 Å². The molecule has 0 atom stereocenters. The lowest BCUT2D eigenvalue weighted by Crippen LogP contribution is -2.34. The van der Waals surface area contributed by atoms with Gasteiger partial charge >= 0.3 is 6.09 Å². The number of carbonyl (C=O) groups excluding carboxylic acids is 1. The van der Waals surface area contributed by atoms with Gasteiger partial charge in [-0.1, -0.05) is 0 Å². The van der Waals surface area contributed by atoms with Crippen molar-refractivity contribution in [2.75, 3.05) is 34.8 Å². The summed E-state index contributed by atoms with van der Waals surface area (Å²) in [7, 11) is 7.75. The van der Waals surface area contributed by atoms with Gasteiger partial charge in [-0.15, -0.1) is 0 Å². The first-order valence-corrected chi connectivity index (χ1v) is 9.72. The fourth-order valence-corrected chi connectivity index (χ4v) is 3.77. The summed E-state index contributed by atoms with van der Waals surface area (Å²) < 4.78 is 12.9. The average Bonchev–Trinajstić information content (AvgIpc) is 3.04. The molecule has 0 radical (unpaired) electrons. The van der Waals surface area contributed by atoms with Gasteiger partial charge in [0.05, 0.1) is 12.6 Å². The van der Waals surface area contributed by atoms with Crippen LogP contribution in [0.15, 0.2) is 24.4 Å². The van der Waals surface area contributed by atoms with E-state index in [-0.39, 0.29) is 12.2 Å². The first kappa shape index (κ1) is 19.7. The predicted molar refractivity (Wildman–Crippen MR) is 108 cm³/mol. The Morgan fingerprint density at radius 1 is 1.26 bits per heavy atom. The number of ether oxygens (including phenoxy) is 2. The summed E-state index contributed by atoms with van der Waals surface area (Å²) in [6, 6.07) is 6.37. The smallest absolute Gasteiger partial charge is 0.418 e. The standard InChI is InChI=1S/C21H31N3O3/c1-22-16-5-7-17(8-6-16)27-21(25)24-14-15(11-12-23(2)3)19-13-18(26-4)9-10-20(19)24/h9-10,13-14,16-17,22H,5-8,11-12H2,1-4H3. The van der Waals surface area contributed by atoms with Crippen LogP contribution in [0.25, 0.3) is 10.9 Å². The molecule has 0 spiro atoms. The van der Waals surface area contributed by atoms with Crippen LogP contribution < -0.4 is 10.1 Å². The topological polar surface area (TPSA) is 55.7 Å². The second kappa shape index (κ2) is 8.76. The maximum atomic E-state index is 12.9. The van der Waals surface area contributed by atoms with Crippen molar-refractivity contribution in [2.45, 2.75) is 44.2 Å². The fourth-order valence-electron chi connectivity index (χ4n) is 3.77. The van der Waals surface area contributed by atoms with Crippen molar-refractivity contribution in [3.8, 4) is 5.75 Å². The van der Waals surface area contributed by atoms with Crippen molar-refractivity contribution in [1.82, 2.24) is 14.8 Å². The Kier molecular flexibility index (Phi) is 6.39. The molecule has 2 aromatic rings. The summed E-state index contributed by atoms with van der Waals surface area (Å²) in [6.07, 6.45) is 6.44. The van der Waals surface area contributed by atoms with Crippen molar-refractivity contribution >= 4 is 17.0 Å². The number of nitrogens with one attached hydrogen (secondary N) is 1. The van der Waals surface area contributed by atoms with Crippen LogP contribution in [0.5, 0.6) is 5.75 Å².